The SMILES string of the molecule is O=C(C=Cc1cc(F)cc(F)c1)N1CCN(CCCBr)C(=O)C1. The van der Waals surface area contributed by atoms with Gasteiger partial charge >= 0.3 is 0 Å². The van der Waals surface area contributed by atoms with Crippen molar-refractivity contribution in [2.45, 2.75) is 6.42 Å². The molecule has 0 radical (unpaired) electrons. The van der Waals surface area contributed by atoms with Crippen molar-refractivity contribution in [1.82, 2.24) is 9.80 Å². The summed E-state index contributed by atoms with van der Waals surface area (Å²) in [6.45, 7) is 1.65. The Bertz CT molecular complexity index is 602. The van der Waals surface area contributed by atoms with Gasteiger partial charge in [-0.05, 0) is 30.2 Å². The highest BCUT2D eigenvalue weighted by Crippen LogP contribution is 2.11. The summed E-state index contributed by atoms with van der Waals surface area (Å²) in [5.41, 5.74) is 0.262. The quantitative estimate of drug-likeness (QED) is 0.575. The molecule has 0 bridgehead atoms. The van der Waals surface area contributed by atoms with Gasteiger partial charge < -0.3 is 9.80 Å². The molecule has 1 fully saturated rings. The van der Waals surface area contributed by atoms with Crippen LogP contribution in [0, 0.1) is 11.6 Å². The van der Waals surface area contributed by atoms with E-state index in [0.29, 0.717) is 19.6 Å². The first-order valence-corrected chi connectivity index (χ1v) is 8.38. The van der Waals surface area contributed by atoms with Gasteiger partial charge in [-0.2, -0.15) is 0 Å². The summed E-state index contributed by atoms with van der Waals surface area (Å²) in [5.74, 6) is -1.83. The number of alkyl halides is 1. The lowest BCUT2D eigenvalue weighted by Crippen LogP contribution is -2.52. The van der Waals surface area contributed by atoms with Crippen molar-refractivity contribution in [2.75, 3.05) is 31.5 Å². The lowest BCUT2D eigenvalue weighted by atomic mass is 10.2. The molecule has 0 N–H and O–H groups in total. The largest absolute Gasteiger partial charge is 0.339 e. The lowest BCUT2D eigenvalue weighted by Gasteiger charge is -2.33. The third-order valence-corrected chi connectivity index (χ3v) is 4.06. The van der Waals surface area contributed by atoms with E-state index in [9.17, 15) is 18.4 Å². The summed E-state index contributed by atoms with van der Waals surface area (Å²) in [5, 5.41) is 0.826. The molecule has 0 spiro atoms. The van der Waals surface area contributed by atoms with Crippen LogP contribution in [-0.4, -0.2) is 53.1 Å². The predicted molar refractivity (Wildman–Crippen MR) is 87.0 cm³/mol. The average molecular weight is 387 g/mol. The molecule has 1 aromatic rings. The number of carbonyl (C=O) groups excluding carboxylic acids is 2. The van der Waals surface area contributed by atoms with Crippen LogP contribution in [0.3, 0.4) is 0 Å². The van der Waals surface area contributed by atoms with Crippen LogP contribution in [0.2, 0.25) is 0 Å². The number of piperazine rings is 1. The Labute approximate surface area is 141 Å². The predicted octanol–water partition coefficient (Wildman–Crippen LogP) is 2.43. The number of amides is 2. The summed E-state index contributed by atoms with van der Waals surface area (Å²) >= 11 is 3.32. The number of rotatable bonds is 5. The molecule has 0 aliphatic carbocycles. The first-order chi connectivity index (χ1) is 11.0. The zero-order valence-corrected chi connectivity index (χ0v) is 14.1. The molecule has 0 aromatic heterocycles. The highest BCUT2D eigenvalue weighted by atomic mass is 79.9. The fourth-order valence-electron chi connectivity index (χ4n) is 2.33. The Balaban J connectivity index is 1.94. The first kappa shape index (κ1) is 17.6. The van der Waals surface area contributed by atoms with Crippen molar-refractivity contribution in [1.29, 1.82) is 0 Å². The van der Waals surface area contributed by atoms with Crippen LogP contribution >= 0.6 is 15.9 Å². The zero-order valence-electron chi connectivity index (χ0n) is 12.5. The van der Waals surface area contributed by atoms with E-state index in [1.165, 1.54) is 17.1 Å². The van der Waals surface area contributed by atoms with Gasteiger partial charge in [-0.25, -0.2) is 8.78 Å². The van der Waals surface area contributed by atoms with Crippen molar-refractivity contribution in [3.05, 3.63) is 41.5 Å². The smallest absolute Gasteiger partial charge is 0.247 e. The number of carbonyl (C=O) groups is 2. The number of hydrogen-bond acceptors (Lipinski definition) is 2. The summed E-state index contributed by atoms with van der Waals surface area (Å²) in [4.78, 5) is 27.2. The summed E-state index contributed by atoms with van der Waals surface area (Å²) in [6, 6.07) is 3.04. The van der Waals surface area contributed by atoms with E-state index in [1.807, 2.05) is 0 Å². The van der Waals surface area contributed by atoms with Gasteiger partial charge in [0.1, 0.15) is 18.2 Å². The van der Waals surface area contributed by atoms with E-state index in [-0.39, 0.29) is 23.9 Å². The minimum absolute atomic E-state index is 0.0307. The van der Waals surface area contributed by atoms with Gasteiger partial charge in [0.25, 0.3) is 0 Å². The zero-order chi connectivity index (χ0) is 16.8. The Hall–Kier alpha value is -1.76. The molecule has 0 unspecified atom stereocenters. The van der Waals surface area contributed by atoms with Crippen LogP contribution in [0.1, 0.15) is 12.0 Å². The molecule has 0 atom stereocenters. The van der Waals surface area contributed by atoms with Crippen LogP contribution in [0.25, 0.3) is 6.08 Å². The number of hydrogen-bond donors (Lipinski definition) is 0. The molecule has 1 aliphatic rings. The molecule has 1 aromatic carbocycles. The number of halogens is 3. The summed E-state index contributed by atoms with van der Waals surface area (Å²) in [6.07, 6.45) is 3.44. The maximum atomic E-state index is 13.1. The third-order valence-electron chi connectivity index (χ3n) is 3.50. The topological polar surface area (TPSA) is 40.6 Å². The summed E-state index contributed by atoms with van der Waals surface area (Å²) < 4.78 is 26.2. The molecule has 23 heavy (non-hydrogen) atoms. The van der Waals surface area contributed by atoms with E-state index in [1.54, 1.807) is 4.90 Å². The van der Waals surface area contributed by atoms with Crippen LogP contribution in [0.15, 0.2) is 24.3 Å². The minimum atomic E-state index is -0.701. The maximum absolute atomic E-state index is 13.1. The molecular weight excluding hydrogens is 370 g/mol. The third kappa shape index (κ3) is 5.13. The van der Waals surface area contributed by atoms with Crippen molar-refractivity contribution in [3.8, 4) is 0 Å². The second-order valence-electron chi connectivity index (χ2n) is 5.22. The highest BCUT2D eigenvalue weighted by Gasteiger charge is 2.25. The van der Waals surface area contributed by atoms with E-state index in [2.05, 4.69) is 15.9 Å². The second-order valence-corrected chi connectivity index (χ2v) is 6.01. The van der Waals surface area contributed by atoms with Gasteiger partial charge in [0.15, 0.2) is 0 Å². The monoisotopic (exact) mass is 386 g/mol. The lowest BCUT2D eigenvalue weighted by molar-refractivity contribution is -0.142. The maximum Gasteiger partial charge on any atom is 0.247 e. The second kappa shape index (κ2) is 8.19. The van der Waals surface area contributed by atoms with E-state index in [4.69, 9.17) is 0 Å². The molecule has 1 aliphatic heterocycles. The van der Waals surface area contributed by atoms with Crippen molar-refractivity contribution in [3.63, 3.8) is 0 Å². The molecule has 0 saturated carbocycles. The minimum Gasteiger partial charge on any atom is -0.339 e. The Morgan fingerprint density at radius 1 is 1.22 bits per heavy atom. The van der Waals surface area contributed by atoms with Gasteiger partial charge in [0.05, 0.1) is 0 Å². The van der Waals surface area contributed by atoms with Crippen molar-refractivity contribution >= 4 is 33.8 Å². The molecule has 2 amide bonds. The van der Waals surface area contributed by atoms with Crippen LogP contribution in [0.5, 0.6) is 0 Å². The van der Waals surface area contributed by atoms with Crippen molar-refractivity contribution in [2.24, 2.45) is 0 Å². The number of nitrogens with zero attached hydrogens (tertiary/aromatic N) is 2. The molecular formula is C16H17BrF2N2O2. The Morgan fingerprint density at radius 2 is 1.91 bits per heavy atom. The van der Waals surface area contributed by atoms with E-state index < -0.39 is 11.6 Å². The Kier molecular flexibility index (Phi) is 6.27. The highest BCUT2D eigenvalue weighted by molar-refractivity contribution is 9.09. The molecule has 1 saturated heterocycles. The molecule has 124 valence electrons. The average Bonchev–Trinajstić information content (AvgIpc) is 2.50. The van der Waals surface area contributed by atoms with E-state index >= 15 is 0 Å². The molecule has 2 rings (SSSR count). The number of benzene rings is 1. The normalized spacial score (nSPS) is 15.5. The van der Waals surface area contributed by atoms with E-state index in [0.717, 1.165) is 30.0 Å². The van der Waals surface area contributed by atoms with Gasteiger partial charge in [-0.3, -0.25) is 9.59 Å². The Morgan fingerprint density at radius 3 is 2.52 bits per heavy atom. The van der Waals surface area contributed by atoms with Gasteiger partial charge in [-0.15, -0.1) is 0 Å². The molecule has 1 heterocycles. The van der Waals surface area contributed by atoms with Crippen LogP contribution < -0.4 is 0 Å². The van der Waals surface area contributed by atoms with Gasteiger partial charge in [-0.1, -0.05) is 15.9 Å². The molecule has 7 heteroatoms. The fraction of sp³-hybridized carbons (Fsp3) is 0.375. The van der Waals surface area contributed by atoms with Gasteiger partial charge in [0, 0.05) is 37.1 Å². The summed E-state index contributed by atoms with van der Waals surface area (Å²) in [7, 11) is 0. The van der Waals surface area contributed by atoms with Crippen molar-refractivity contribution < 1.29 is 18.4 Å². The first-order valence-electron chi connectivity index (χ1n) is 7.26. The van der Waals surface area contributed by atoms with Crippen LogP contribution in [0.4, 0.5) is 8.78 Å². The standard InChI is InChI=1S/C16H17BrF2N2O2/c17-4-1-5-20-6-7-21(11-16(20)23)15(22)3-2-12-8-13(18)10-14(19)9-12/h2-3,8-10H,1,4-7,11H2. The molecule has 4 nitrogen and oxygen atoms in total. The fourth-order valence-corrected chi connectivity index (χ4v) is 2.58. The van der Waals surface area contributed by atoms with Gasteiger partial charge in [0.2, 0.25) is 11.8 Å². The van der Waals surface area contributed by atoms with Crippen LogP contribution in [-0.2, 0) is 9.59 Å².